The van der Waals surface area contributed by atoms with E-state index in [1.807, 2.05) is 6.07 Å². The van der Waals surface area contributed by atoms with Crippen LogP contribution >= 0.6 is 0 Å². The summed E-state index contributed by atoms with van der Waals surface area (Å²) < 4.78 is 6.42. The molecule has 0 bridgehead atoms. The molecule has 1 unspecified atom stereocenters. The summed E-state index contributed by atoms with van der Waals surface area (Å²) in [5, 5.41) is 9.12. The molecule has 35 heavy (non-hydrogen) atoms. The van der Waals surface area contributed by atoms with Crippen LogP contribution in [0.1, 0.15) is 44.2 Å². The highest BCUT2D eigenvalue weighted by molar-refractivity contribution is 6.26. The summed E-state index contributed by atoms with van der Waals surface area (Å²) in [5.74, 6) is 1.30. The van der Waals surface area contributed by atoms with Gasteiger partial charge in [0.05, 0.1) is 0 Å². The van der Waals surface area contributed by atoms with E-state index in [1.165, 1.54) is 49.0 Å². The van der Waals surface area contributed by atoms with E-state index in [1.54, 1.807) is 0 Å². The average Bonchev–Trinajstić information content (AvgIpc) is 3.31. The normalized spacial score (nSPS) is 16.4. The smallest absolute Gasteiger partial charge is 0.136 e. The molecule has 170 valence electrons. The van der Waals surface area contributed by atoms with E-state index in [0.29, 0.717) is 5.92 Å². The van der Waals surface area contributed by atoms with Gasteiger partial charge in [-0.15, -0.1) is 0 Å². The highest BCUT2D eigenvalue weighted by Gasteiger charge is 2.22. The lowest BCUT2D eigenvalue weighted by molar-refractivity contribution is 0.591. The third-order valence-corrected chi connectivity index (χ3v) is 7.69. The van der Waals surface area contributed by atoms with E-state index in [9.17, 15) is 0 Å². The zero-order valence-electron chi connectivity index (χ0n) is 20.4. The van der Waals surface area contributed by atoms with Gasteiger partial charge in [-0.1, -0.05) is 99.7 Å². The van der Waals surface area contributed by atoms with Gasteiger partial charge < -0.3 is 4.42 Å². The molecule has 1 heterocycles. The number of allylic oxidation sites excluding steroid dienone is 4. The summed E-state index contributed by atoms with van der Waals surface area (Å²) in [6.07, 6.45) is 9.98. The number of rotatable bonds is 2. The van der Waals surface area contributed by atoms with Crippen LogP contribution in [0.5, 0.6) is 0 Å². The Bertz CT molecular complexity index is 1750. The topological polar surface area (TPSA) is 13.1 Å². The van der Waals surface area contributed by atoms with Crippen molar-refractivity contribution in [3.05, 3.63) is 108 Å². The minimum atomic E-state index is 0.105. The summed E-state index contributed by atoms with van der Waals surface area (Å²) in [6, 6.07) is 26.9. The Labute approximate surface area is 205 Å². The minimum Gasteiger partial charge on any atom is -0.456 e. The van der Waals surface area contributed by atoms with Gasteiger partial charge >= 0.3 is 0 Å². The molecule has 1 aliphatic rings. The standard InChI is InChI=1S/C34H28O/c1-34(2,3)25-17-23-13-15-26-28(21-9-5-4-6-10-21)20-29(27-16-14-24(18-25)32(23)33(26)27)31-19-22-11-7-8-12-30(22)35-31/h4-9,11-21H,10H2,1-3H3. The fourth-order valence-corrected chi connectivity index (χ4v) is 5.81. The van der Waals surface area contributed by atoms with Gasteiger partial charge in [-0.3, -0.25) is 0 Å². The number of hydrogen-bond acceptors (Lipinski definition) is 1. The van der Waals surface area contributed by atoms with Crippen LogP contribution in [0.3, 0.4) is 0 Å². The van der Waals surface area contributed by atoms with Crippen LogP contribution in [0.4, 0.5) is 0 Å². The number of hydrogen-bond donors (Lipinski definition) is 0. The summed E-state index contributed by atoms with van der Waals surface area (Å²) in [7, 11) is 0. The van der Waals surface area contributed by atoms with Crippen LogP contribution in [-0.4, -0.2) is 0 Å². The molecule has 0 spiro atoms. The zero-order valence-corrected chi connectivity index (χ0v) is 20.4. The zero-order chi connectivity index (χ0) is 23.7. The van der Waals surface area contributed by atoms with Gasteiger partial charge in [-0.05, 0) is 73.5 Å². The molecular formula is C34H28O. The summed E-state index contributed by atoms with van der Waals surface area (Å²) in [4.78, 5) is 0. The molecule has 0 saturated carbocycles. The van der Waals surface area contributed by atoms with Gasteiger partial charge in [0.2, 0.25) is 0 Å². The molecule has 1 atom stereocenters. The second-order valence-corrected chi connectivity index (χ2v) is 11.0. The Morgan fingerprint density at radius 1 is 0.743 bits per heavy atom. The third-order valence-electron chi connectivity index (χ3n) is 7.69. The molecule has 0 aliphatic heterocycles. The lowest BCUT2D eigenvalue weighted by Gasteiger charge is -2.24. The van der Waals surface area contributed by atoms with Gasteiger partial charge in [0, 0.05) is 16.9 Å². The Kier molecular flexibility index (Phi) is 4.30. The van der Waals surface area contributed by atoms with Crippen LogP contribution in [0.25, 0.3) is 54.6 Å². The minimum absolute atomic E-state index is 0.105. The molecule has 0 saturated heterocycles. The molecule has 0 amide bonds. The number of fused-ring (bicyclic) bond motifs is 1. The lowest BCUT2D eigenvalue weighted by Crippen LogP contribution is -2.10. The van der Waals surface area contributed by atoms with Crippen LogP contribution < -0.4 is 0 Å². The summed E-state index contributed by atoms with van der Waals surface area (Å²) >= 11 is 0. The highest BCUT2D eigenvalue weighted by atomic mass is 16.3. The monoisotopic (exact) mass is 452 g/mol. The van der Waals surface area contributed by atoms with E-state index >= 15 is 0 Å². The van der Waals surface area contributed by atoms with Crippen LogP contribution in [0.2, 0.25) is 0 Å². The van der Waals surface area contributed by atoms with Crippen molar-refractivity contribution in [1.82, 2.24) is 0 Å². The van der Waals surface area contributed by atoms with E-state index in [0.717, 1.165) is 23.2 Å². The predicted molar refractivity (Wildman–Crippen MR) is 150 cm³/mol. The Balaban J connectivity index is 1.61. The van der Waals surface area contributed by atoms with E-state index in [-0.39, 0.29) is 5.41 Å². The largest absolute Gasteiger partial charge is 0.456 e. The van der Waals surface area contributed by atoms with Crippen molar-refractivity contribution in [2.24, 2.45) is 0 Å². The molecular weight excluding hydrogens is 424 g/mol. The molecule has 0 N–H and O–H groups in total. The molecule has 0 fully saturated rings. The van der Waals surface area contributed by atoms with Crippen molar-refractivity contribution in [2.45, 2.75) is 38.5 Å². The maximum absolute atomic E-state index is 6.42. The van der Waals surface area contributed by atoms with Crippen molar-refractivity contribution < 1.29 is 4.42 Å². The SMILES string of the molecule is CC(C)(C)c1cc2ccc3c(-c4cc5ccccc5o4)cc(C4C=CC=CC4)c4ccc(c1)c2c34. The maximum Gasteiger partial charge on any atom is 0.136 e. The maximum atomic E-state index is 6.42. The second kappa shape index (κ2) is 7.33. The van der Waals surface area contributed by atoms with E-state index in [4.69, 9.17) is 4.42 Å². The number of benzene rings is 5. The number of para-hydroxylation sites is 1. The van der Waals surface area contributed by atoms with Crippen molar-refractivity contribution in [3.8, 4) is 11.3 Å². The first-order valence-corrected chi connectivity index (χ1v) is 12.6. The Morgan fingerprint density at radius 3 is 2.23 bits per heavy atom. The Morgan fingerprint density at radius 2 is 1.51 bits per heavy atom. The van der Waals surface area contributed by atoms with E-state index < -0.39 is 0 Å². The van der Waals surface area contributed by atoms with Gasteiger partial charge in [-0.2, -0.15) is 0 Å². The van der Waals surface area contributed by atoms with Gasteiger partial charge in [0.25, 0.3) is 0 Å². The number of furan rings is 1. The van der Waals surface area contributed by atoms with Crippen LogP contribution in [0, 0.1) is 0 Å². The first-order valence-electron chi connectivity index (χ1n) is 12.6. The summed E-state index contributed by atoms with van der Waals surface area (Å²) in [5.41, 5.74) is 4.98. The molecule has 0 radical (unpaired) electrons. The fraction of sp³-hybridized carbons (Fsp3) is 0.176. The van der Waals surface area contributed by atoms with Gasteiger partial charge in [0.15, 0.2) is 0 Å². The first kappa shape index (κ1) is 20.5. The third kappa shape index (κ3) is 3.15. The fourth-order valence-electron chi connectivity index (χ4n) is 5.81. The molecule has 1 aliphatic carbocycles. The van der Waals surface area contributed by atoms with Crippen molar-refractivity contribution in [2.75, 3.05) is 0 Å². The quantitative estimate of drug-likeness (QED) is 0.238. The molecule has 6 aromatic rings. The lowest BCUT2D eigenvalue weighted by atomic mass is 9.80. The predicted octanol–water partition coefficient (Wildman–Crippen LogP) is 9.89. The molecule has 7 rings (SSSR count). The summed E-state index contributed by atoms with van der Waals surface area (Å²) in [6.45, 7) is 6.88. The van der Waals surface area contributed by atoms with Gasteiger partial charge in [0.1, 0.15) is 11.3 Å². The molecule has 1 nitrogen and oxygen atoms in total. The highest BCUT2D eigenvalue weighted by Crippen LogP contribution is 2.45. The van der Waals surface area contributed by atoms with Gasteiger partial charge in [-0.25, -0.2) is 0 Å². The van der Waals surface area contributed by atoms with E-state index in [2.05, 4.69) is 112 Å². The first-order chi connectivity index (χ1) is 17.0. The molecule has 1 aromatic heterocycles. The second-order valence-electron chi connectivity index (χ2n) is 11.0. The van der Waals surface area contributed by atoms with Crippen molar-refractivity contribution in [3.63, 3.8) is 0 Å². The van der Waals surface area contributed by atoms with Crippen molar-refractivity contribution >= 4 is 43.3 Å². The Hall–Kier alpha value is -3.84. The van der Waals surface area contributed by atoms with Crippen LogP contribution in [-0.2, 0) is 5.41 Å². The average molecular weight is 453 g/mol. The van der Waals surface area contributed by atoms with Crippen LogP contribution in [0.15, 0.2) is 102 Å². The molecule has 1 heteroatoms. The van der Waals surface area contributed by atoms with Crippen molar-refractivity contribution in [1.29, 1.82) is 0 Å². The molecule has 5 aromatic carbocycles.